The van der Waals surface area contributed by atoms with E-state index in [-0.39, 0.29) is 0 Å². The second-order valence-electron chi connectivity index (χ2n) is 2.58. The van der Waals surface area contributed by atoms with E-state index >= 15 is 0 Å². The molecular formula is C10H8ClFO. The van der Waals surface area contributed by atoms with Crippen LogP contribution in [0.2, 0.25) is 5.02 Å². The first-order valence-electron chi connectivity index (χ1n) is 3.74. The van der Waals surface area contributed by atoms with Crippen LogP contribution in [0.25, 0.3) is 0 Å². The van der Waals surface area contributed by atoms with Crippen LogP contribution in [0.1, 0.15) is 17.3 Å². The molecule has 1 rings (SSSR count). The Morgan fingerprint density at radius 1 is 1.46 bits per heavy atom. The Kier molecular flexibility index (Phi) is 3.20. The van der Waals surface area contributed by atoms with E-state index in [1.54, 1.807) is 24.3 Å². The summed E-state index contributed by atoms with van der Waals surface area (Å²) < 4.78 is 12.4. The van der Waals surface area contributed by atoms with Crippen LogP contribution >= 0.6 is 11.6 Å². The molecule has 0 spiro atoms. The molecule has 1 aromatic carbocycles. The molecule has 0 N–H and O–H groups in total. The normalized spacial score (nSPS) is 11.5. The number of rotatable bonds is 2. The maximum absolute atomic E-state index is 12.4. The number of halogens is 2. The molecule has 0 aliphatic rings. The van der Waals surface area contributed by atoms with Gasteiger partial charge in [0.2, 0.25) is 0 Å². The molecule has 0 bridgehead atoms. The van der Waals surface area contributed by atoms with Crippen molar-refractivity contribution in [2.24, 2.45) is 0 Å². The summed E-state index contributed by atoms with van der Waals surface area (Å²) in [4.78, 5) is 11.3. The van der Waals surface area contributed by atoms with Crippen LogP contribution < -0.4 is 0 Å². The van der Waals surface area contributed by atoms with Crippen LogP contribution in [0.4, 0.5) is 4.39 Å². The van der Waals surface area contributed by atoms with Crippen LogP contribution in [-0.2, 0) is 0 Å². The topological polar surface area (TPSA) is 17.1 Å². The Hall–Kier alpha value is -1.15. The van der Waals surface area contributed by atoms with Crippen LogP contribution in [0.15, 0.2) is 36.2 Å². The first-order valence-corrected chi connectivity index (χ1v) is 4.11. The van der Waals surface area contributed by atoms with Crippen molar-refractivity contribution >= 4 is 17.4 Å². The van der Waals surface area contributed by atoms with E-state index in [2.05, 4.69) is 0 Å². The van der Waals surface area contributed by atoms with E-state index in [1.165, 1.54) is 6.92 Å². The van der Waals surface area contributed by atoms with Gasteiger partial charge in [0.05, 0.1) is 5.02 Å². The fourth-order valence-corrected chi connectivity index (χ4v) is 1.15. The zero-order chi connectivity index (χ0) is 9.84. The van der Waals surface area contributed by atoms with Gasteiger partial charge >= 0.3 is 0 Å². The van der Waals surface area contributed by atoms with Crippen molar-refractivity contribution in [3.63, 3.8) is 0 Å². The van der Waals surface area contributed by atoms with Gasteiger partial charge < -0.3 is 0 Å². The molecule has 0 aliphatic carbocycles. The molecule has 0 saturated carbocycles. The largest absolute Gasteiger partial charge is 0.289 e. The summed E-state index contributed by atoms with van der Waals surface area (Å²) >= 11 is 5.73. The number of ketones is 1. The summed E-state index contributed by atoms with van der Waals surface area (Å²) in [7, 11) is 0. The summed E-state index contributed by atoms with van der Waals surface area (Å²) in [5, 5.41) is 0.338. The van der Waals surface area contributed by atoms with Crippen molar-refractivity contribution in [2.75, 3.05) is 0 Å². The second-order valence-corrected chi connectivity index (χ2v) is 2.98. The number of benzene rings is 1. The Morgan fingerprint density at radius 2 is 2.08 bits per heavy atom. The Balaban J connectivity index is 3.03. The molecule has 0 heterocycles. The third-order valence-corrected chi connectivity index (χ3v) is 1.80. The molecule has 0 saturated heterocycles. The Labute approximate surface area is 80.8 Å². The van der Waals surface area contributed by atoms with Gasteiger partial charge in [0.15, 0.2) is 5.78 Å². The van der Waals surface area contributed by atoms with Gasteiger partial charge in [-0.05, 0) is 19.1 Å². The lowest BCUT2D eigenvalue weighted by molar-refractivity contribution is 0.104. The first-order chi connectivity index (χ1) is 6.11. The number of carbonyl (C=O) groups excluding carboxylic acids is 1. The molecule has 0 amide bonds. The van der Waals surface area contributed by atoms with E-state index < -0.39 is 11.6 Å². The molecule has 68 valence electrons. The minimum absolute atomic E-state index is 0.321. The molecule has 0 fully saturated rings. The van der Waals surface area contributed by atoms with Gasteiger partial charge in [-0.25, -0.2) is 4.39 Å². The Bertz CT molecular complexity index is 354. The SMILES string of the molecule is C/C(F)=C/C(=O)c1ccccc1Cl. The fraction of sp³-hybridized carbons (Fsp3) is 0.100. The van der Waals surface area contributed by atoms with Crippen molar-refractivity contribution in [2.45, 2.75) is 6.92 Å². The highest BCUT2D eigenvalue weighted by Gasteiger charge is 2.06. The summed E-state index contributed by atoms with van der Waals surface area (Å²) in [5.74, 6) is -0.935. The average molecular weight is 199 g/mol. The lowest BCUT2D eigenvalue weighted by atomic mass is 10.1. The van der Waals surface area contributed by atoms with E-state index in [9.17, 15) is 9.18 Å². The van der Waals surface area contributed by atoms with E-state index in [0.29, 0.717) is 10.6 Å². The maximum Gasteiger partial charge on any atom is 0.189 e. The second kappa shape index (κ2) is 4.19. The predicted molar refractivity (Wildman–Crippen MR) is 50.6 cm³/mol. The van der Waals surface area contributed by atoms with Crippen LogP contribution in [0.5, 0.6) is 0 Å². The zero-order valence-corrected chi connectivity index (χ0v) is 7.81. The lowest BCUT2D eigenvalue weighted by Crippen LogP contribution is -1.95. The number of carbonyl (C=O) groups is 1. The summed E-state index contributed by atoms with van der Waals surface area (Å²) in [6.07, 6.45) is 0.918. The smallest absolute Gasteiger partial charge is 0.189 e. The van der Waals surface area contributed by atoms with Crippen LogP contribution in [0.3, 0.4) is 0 Å². The zero-order valence-electron chi connectivity index (χ0n) is 7.05. The molecule has 0 unspecified atom stereocenters. The third-order valence-electron chi connectivity index (χ3n) is 1.47. The third kappa shape index (κ3) is 2.67. The standard InChI is InChI=1S/C10H8ClFO/c1-7(12)6-10(13)8-4-2-3-5-9(8)11/h2-6H,1H3/b7-6-. The predicted octanol–water partition coefficient (Wildman–Crippen LogP) is 3.40. The van der Waals surface area contributed by atoms with Gasteiger partial charge in [0, 0.05) is 11.6 Å². The van der Waals surface area contributed by atoms with Gasteiger partial charge in [0.1, 0.15) is 5.83 Å². The number of hydrogen-bond acceptors (Lipinski definition) is 1. The van der Waals surface area contributed by atoms with Gasteiger partial charge in [-0.1, -0.05) is 23.7 Å². The summed E-state index contributed by atoms with van der Waals surface area (Å²) in [6, 6.07) is 6.55. The quantitative estimate of drug-likeness (QED) is 0.526. The Morgan fingerprint density at radius 3 is 2.62 bits per heavy atom. The molecular weight excluding hydrogens is 191 g/mol. The highest BCUT2D eigenvalue weighted by atomic mass is 35.5. The van der Waals surface area contributed by atoms with Gasteiger partial charge in [-0.2, -0.15) is 0 Å². The van der Waals surface area contributed by atoms with Crippen molar-refractivity contribution in [1.29, 1.82) is 0 Å². The maximum atomic E-state index is 12.4. The van der Waals surface area contributed by atoms with E-state index in [1.807, 2.05) is 0 Å². The van der Waals surface area contributed by atoms with Crippen LogP contribution in [0, 0.1) is 0 Å². The van der Waals surface area contributed by atoms with Crippen molar-refractivity contribution in [1.82, 2.24) is 0 Å². The van der Waals surface area contributed by atoms with Crippen LogP contribution in [-0.4, -0.2) is 5.78 Å². The molecule has 13 heavy (non-hydrogen) atoms. The van der Waals surface area contributed by atoms with Crippen molar-refractivity contribution in [3.8, 4) is 0 Å². The van der Waals surface area contributed by atoms with E-state index in [4.69, 9.17) is 11.6 Å². The molecule has 0 aliphatic heterocycles. The molecule has 3 heteroatoms. The minimum atomic E-state index is -0.523. The van der Waals surface area contributed by atoms with Gasteiger partial charge in [0.25, 0.3) is 0 Å². The van der Waals surface area contributed by atoms with Crippen molar-refractivity contribution in [3.05, 3.63) is 46.8 Å². The fourth-order valence-electron chi connectivity index (χ4n) is 0.919. The highest BCUT2D eigenvalue weighted by Crippen LogP contribution is 2.16. The minimum Gasteiger partial charge on any atom is -0.289 e. The van der Waals surface area contributed by atoms with Crippen molar-refractivity contribution < 1.29 is 9.18 Å². The van der Waals surface area contributed by atoms with E-state index in [0.717, 1.165) is 6.08 Å². The molecule has 0 radical (unpaired) electrons. The lowest BCUT2D eigenvalue weighted by Gasteiger charge is -1.97. The van der Waals surface area contributed by atoms with Gasteiger partial charge in [-0.3, -0.25) is 4.79 Å². The molecule has 0 atom stereocenters. The molecule has 1 nitrogen and oxygen atoms in total. The van der Waals surface area contributed by atoms with Gasteiger partial charge in [-0.15, -0.1) is 0 Å². The molecule has 1 aromatic rings. The average Bonchev–Trinajstić information content (AvgIpc) is 2.03. The molecule has 0 aromatic heterocycles. The summed E-state index contributed by atoms with van der Waals surface area (Å²) in [5.41, 5.74) is 0.321. The number of hydrogen-bond donors (Lipinski definition) is 0. The first kappa shape index (κ1) is 9.93. The number of allylic oxidation sites excluding steroid dienone is 2. The highest BCUT2D eigenvalue weighted by molar-refractivity contribution is 6.34. The summed E-state index contributed by atoms with van der Waals surface area (Å²) in [6.45, 7) is 1.22. The monoisotopic (exact) mass is 198 g/mol.